The quantitative estimate of drug-likeness (QED) is 0.807. The number of sulfonamides is 1. The number of hydrogen-bond acceptors (Lipinski definition) is 4. The van der Waals surface area contributed by atoms with Crippen LogP contribution in [-0.4, -0.2) is 39.4 Å². The van der Waals surface area contributed by atoms with E-state index in [0.29, 0.717) is 18.2 Å². The van der Waals surface area contributed by atoms with Gasteiger partial charge in [-0.05, 0) is 19.1 Å². The lowest BCUT2D eigenvalue weighted by molar-refractivity contribution is -0.0119. The van der Waals surface area contributed by atoms with Crippen LogP contribution in [0.5, 0.6) is 0 Å². The normalized spacial score (nSPS) is 15.2. The lowest BCUT2D eigenvalue weighted by atomic mass is 10.1. The SMILES string of the molecule is COCC(C)(O)CNS(=O)(=O)c1cc(F)cc(F)c1. The van der Waals surface area contributed by atoms with Gasteiger partial charge in [-0.25, -0.2) is 21.9 Å². The molecule has 0 spiro atoms. The van der Waals surface area contributed by atoms with E-state index in [4.69, 9.17) is 4.74 Å². The van der Waals surface area contributed by atoms with Crippen LogP contribution >= 0.6 is 0 Å². The Balaban J connectivity index is 2.87. The molecule has 1 aromatic carbocycles. The van der Waals surface area contributed by atoms with Crippen molar-refractivity contribution in [1.82, 2.24) is 4.72 Å². The standard InChI is InChI=1S/C11H15F2NO4S/c1-11(15,7-18-2)6-14-19(16,17)10-4-8(12)3-9(13)5-10/h3-5,14-15H,6-7H2,1-2H3. The van der Waals surface area contributed by atoms with E-state index < -0.39 is 32.2 Å². The van der Waals surface area contributed by atoms with Crippen LogP contribution in [0.4, 0.5) is 8.78 Å². The van der Waals surface area contributed by atoms with Crippen LogP contribution in [0.15, 0.2) is 23.1 Å². The van der Waals surface area contributed by atoms with Crippen LogP contribution in [0.1, 0.15) is 6.92 Å². The average Bonchev–Trinajstić information content (AvgIpc) is 2.25. The van der Waals surface area contributed by atoms with Crippen molar-refractivity contribution in [2.45, 2.75) is 17.4 Å². The molecule has 2 N–H and O–H groups in total. The van der Waals surface area contributed by atoms with E-state index in [2.05, 4.69) is 4.72 Å². The summed E-state index contributed by atoms with van der Waals surface area (Å²) in [6, 6.07) is 1.95. The summed E-state index contributed by atoms with van der Waals surface area (Å²) < 4.78 is 56.3. The summed E-state index contributed by atoms with van der Waals surface area (Å²) in [5.41, 5.74) is -1.42. The maximum absolute atomic E-state index is 13.0. The third kappa shape index (κ3) is 4.83. The number of hydrogen-bond donors (Lipinski definition) is 2. The molecule has 0 saturated heterocycles. The van der Waals surface area contributed by atoms with Gasteiger partial charge in [0.25, 0.3) is 0 Å². The molecule has 5 nitrogen and oxygen atoms in total. The number of nitrogens with one attached hydrogen (secondary N) is 1. The third-order valence-electron chi connectivity index (χ3n) is 2.24. The molecule has 0 aromatic heterocycles. The molecule has 0 aliphatic heterocycles. The highest BCUT2D eigenvalue weighted by atomic mass is 32.2. The topological polar surface area (TPSA) is 75.6 Å². The van der Waals surface area contributed by atoms with Gasteiger partial charge in [0.2, 0.25) is 10.0 Å². The summed E-state index contributed by atoms with van der Waals surface area (Å²) in [6.45, 7) is 0.930. The second-order valence-electron chi connectivity index (χ2n) is 4.36. The molecule has 108 valence electrons. The first-order valence-electron chi connectivity index (χ1n) is 5.33. The Bertz CT molecular complexity index is 525. The van der Waals surface area contributed by atoms with Crippen molar-refractivity contribution in [3.05, 3.63) is 29.8 Å². The molecular formula is C11H15F2NO4S. The molecule has 8 heteroatoms. The number of aliphatic hydroxyl groups is 1. The Morgan fingerprint density at radius 1 is 1.32 bits per heavy atom. The van der Waals surface area contributed by atoms with E-state index in [-0.39, 0.29) is 13.2 Å². The Morgan fingerprint density at radius 2 is 1.84 bits per heavy atom. The average molecular weight is 295 g/mol. The summed E-state index contributed by atoms with van der Waals surface area (Å²) >= 11 is 0. The van der Waals surface area contributed by atoms with Gasteiger partial charge in [0.05, 0.1) is 17.1 Å². The van der Waals surface area contributed by atoms with Gasteiger partial charge in [-0.15, -0.1) is 0 Å². The van der Waals surface area contributed by atoms with Crippen LogP contribution in [0.2, 0.25) is 0 Å². The van der Waals surface area contributed by atoms with E-state index >= 15 is 0 Å². The Morgan fingerprint density at radius 3 is 2.32 bits per heavy atom. The second kappa shape index (κ2) is 5.91. The van der Waals surface area contributed by atoms with Gasteiger partial charge in [0.15, 0.2) is 0 Å². The van der Waals surface area contributed by atoms with Crippen molar-refractivity contribution in [1.29, 1.82) is 0 Å². The molecule has 1 rings (SSSR count). The molecule has 1 atom stereocenters. The first-order chi connectivity index (χ1) is 8.66. The molecule has 0 fully saturated rings. The van der Waals surface area contributed by atoms with Gasteiger partial charge in [0, 0.05) is 19.7 Å². The van der Waals surface area contributed by atoms with E-state index in [1.165, 1.54) is 14.0 Å². The van der Waals surface area contributed by atoms with Gasteiger partial charge < -0.3 is 9.84 Å². The van der Waals surface area contributed by atoms with E-state index in [1.807, 2.05) is 0 Å². The lowest BCUT2D eigenvalue weighted by Crippen LogP contribution is -2.43. The van der Waals surface area contributed by atoms with Gasteiger partial charge >= 0.3 is 0 Å². The van der Waals surface area contributed by atoms with Crippen LogP contribution < -0.4 is 4.72 Å². The van der Waals surface area contributed by atoms with Crippen molar-refractivity contribution in [2.24, 2.45) is 0 Å². The summed E-state index contributed by atoms with van der Waals surface area (Å²) in [4.78, 5) is -0.543. The zero-order valence-electron chi connectivity index (χ0n) is 10.5. The molecule has 0 bridgehead atoms. The predicted octanol–water partition coefficient (Wildman–Crippen LogP) is 0.641. The summed E-state index contributed by atoms with van der Waals surface area (Å²) in [5, 5.41) is 9.73. The maximum atomic E-state index is 13.0. The maximum Gasteiger partial charge on any atom is 0.240 e. The van der Waals surface area contributed by atoms with Crippen molar-refractivity contribution in [2.75, 3.05) is 20.3 Å². The minimum absolute atomic E-state index is 0.0902. The van der Waals surface area contributed by atoms with Gasteiger partial charge in [-0.2, -0.15) is 0 Å². The zero-order chi connectivity index (χ0) is 14.7. The number of ether oxygens (including phenoxy) is 1. The summed E-state index contributed by atoms with van der Waals surface area (Å²) in [7, 11) is -2.75. The lowest BCUT2D eigenvalue weighted by Gasteiger charge is -2.22. The fourth-order valence-corrected chi connectivity index (χ4v) is 2.58. The Kier molecular flexibility index (Phi) is 4.97. The van der Waals surface area contributed by atoms with Crippen LogP contribution in [0, 0.1) is 11.6 Å². The molecule has 0 aliphatic carbocycles. The molecule has 0 heterocycles. The van der Waals surface area contributed by atoms with Crippen LogP contribution in [0.3, 0.4) is 0 Å². The smallest absolute Gasteiger partial charge is 0.240 e. The van der Waals surface area contributed by atoms with E-state index in [9.17, 15) is 22.3 Å². The third-order valence-corrected chi connectivity index (χ3v) is 3.63. The molecule has 19 heavy (non-hydrogen) atoms. The number of halogens is 2. The van der Waals surface area contributed by atoms with Crippen molar-refractivity contribution >= 4 is 10.0 Å². The minimum Gasteiger partial charge on any atom is -0.386 e. The van der Waals surface area contributed by atoms with Gasteiger partial charge in [-0.1, -0.05) is 0 Å². The fraction of sp³-hybridized carbons (Fsp3) is 0.455. The van der Waals surface area contributed by atoms with E-state index in [1.54, 1.807) is 0 Å². The number of rotatable bonds is 6. The molecule has 0 amide bonds. The highest BCUT2D eigenvalue weighted by molar-refractivity contribution is 7.89. The minimum atomic E-state index is -4.10. The molecule has 1 unspecified atom stereocenters. The van der Waals surface area contributed by atoms with E-state index in [0.717, 1.165) is 0 Å². The fourth-order valence-electron chi connectivity index (χ4n) is 1.38. The summed E-state index contributed by atoms with van der Waals surface area (Å²) in [6.07, 6.45) is 0. The largest absolute Gasteiger partial charge is 0.386 e. The number of methoxy groups -OCH3 is 1. The van der Waals surface area contributed by atoms with Crippen molar-refractivity contribution in [3.8, 4) is 0 Å². The monoisotopic (exact) mass is 295 g/mol. The highest BCUT2D eigenvalue weighted by Crippen LogP contribution is 2.14. The molecule has 1 aromatic rings. The Hall–Kier alpha value is -1.09. The highest BCUT2D eigenvalue weighted by Gasteiger charge is 2.24. The predicted molar refractivity (Wildman–Crippen MR) is 64.0 cm³/mol. The first-order valence-corrected chi connectivity index (χ1v) is 6.82. The first kappa shape index (κ1) is 16.0. The Labute approximate surface area is 110 Å². The molecule has 0 radical (unpaired) electrons. The van der Waals surface area contributed by atoms with Gasteiger partial charge in [0.1, 0.15) is 11.6 Å². The van der Waals surface area contributed by atoms with Gasteiger partial charge in [-0.3, -0.25) is 0 Å². The zero-order valence-corrected chi connectivity index (χ0v) is 11.3. The molecule has 0 saturated carbocycles. The van der Waals surface area contributed by atoms with Crippen molar-refractivity contribution < 1.29 is 27.0 Å². The summed E-state index contributed by atoms with van der Waals surface area (Å²) in [5.74, 6) is -1.99. The van der Waals surface area contributed by atoms with Crippen molar-refractivity contribution in [3.63, 3.8) is 0 Å². The molecule has 0 aliphatic rings. The second-order valence-corrected chi connectivity index (χ2v) is 6.13. The van der Waals surface area contributed by atoms with Crippen LogP contribution in [0.25, 0.3) is 0 Å². The van der Waals surface area contributed by atoms with Crippen LogP contribution in [-0.2, 0) is 14.8 Å². The number of benzene rings is 1. The molecular weight excluding hydrogens is 280 g/mol.